The number of hydrogen-bond acceptors (Lipinski definition) is 2. The standard InChI is InChI=1S/C9H13ClF3NO2/c1-6(2)14(4-3-7(15)5-10)8(16)9(11,12)13/h6H,3-5H2,1-2H3. The van der Waals surface area contributed by atoms with Gasteiger partial charge in [0.15, 0.2) is 0 Å². The second-order valence-corrected chi connectivity index (χ2v) is 3.78. The highest BCUT2D eigenvalue weighted by Crippen LogP contribution is 2.20. The number of halogens is 4. The first-order valence-corrected chi connectivity index (χ1v) is 5.19. The molecule has 0 atom stereocenters. The van der Waals surface area contributed by atoms with Gasteiger partial charge in [0, 0.05) is 19.0 Å². The number of carbonyl (C=O) groups excluding carboxylic acids is 2. The van der Waals surface area contributed by atoms with Gasteiger partial charge in [0.05, 0.1) is 5.88 Å². The summed E-state index contributed by atoms with van der Waals surface area (Å²) in [6, 6.07) is -0.614. The van der Waals surface area contributed by atoms with Crippen LogP contribution in [0.4, 0.5) is 13.2 Å². The van der Waals surface area contributed by atoms with Crippen LogP contribution in [-0.4, -0.2) is 41.2 Å². The predicted octanol–water partition coefficient (Wildman–Crippen LogP) is 1.98. The molecule has 0 saturated heterocycles. The molecule has 0 radical (unpaired) electrons. The van der Waals surface area contributed by atoms with Crippen LogP contribution in [0.2, 0.25) is 0 Å². The van der Waals surface area contributed by atoms with Gasteiger partial charge >= 0.3 is 12.1 Å². The summed E-state index contributed by atoms with van der Waals surface area (Å²) in [7, 11) is 0. The van der Waals surface area contributed by atoms with Gasteiger partial charge in [0.1, 0.15) is 5.78 Å². The molecule has 0 N–H and O–H groups in total. The third kappa shape index (κ3) is 4.83. The molecule has 0 aliphatic carbocycles. The number of rotatable bonds is 5. The van der Waals surface area contributed by atoms with E-state index in [1.165, 1.54) is 13.8 Å². The second kappa shape index (κ2) is 6.08. The van der Waals surface area contributed by atoms with Crippen molar-refractivity contribution in [1.29, 1.82) is 0 Å². The lowest BCUT2D eigenvalue weighted by Crippen LogP contribution is -2.45. The molecule has 0 aliphatic heterocycles. The molecule has 0 saturated carbocycles. The smallest absolute Gasteiger partial charge is 0.332 e. The Morgan fingerprint density at radius 3 is 2.12 bits per heavy atom. The first-order valence-electron chi connectivity index (χ1n) is 4.65. The van der Waals surface area contributed by atoms with Crippen LogP contribution < -0.4 is 0 Å². The maximum absolute atomic E-state index is 12.2. The molecule has 0 aromatic heterocycles. The summed E-state index contributed by atoms with van der Waals surface area (Å²) in [5.74, 6) is -2.57. The predicted molar refractivity (Wildman–Crippen MR) is 53.2 cm³/mol. The fraction of sp³-hybridized carbons (Fsp3) is 0.778. The average Bonchev–Trinajstić information content (AvgIpc) is 2.15. The minimum atomic E-state index is -4.91. The van der Waals surface area contributed by atoms with Gasteiger partial charge in [0.2, 0.25) is 0 Å². The monoisotopic (exact) mass is 259 g/mol. The van der Waals surface area contributed by atoms with Gasteiger partial charge < -0.3 is 4.90 Å². The molecule has 0 heterocycles. The van der Waals surface area contributed by atoms with Crippen molar-refractivity contribution in [2.75, 3.05) is 12.4 Å². The molecule has 0 aromatic carbocycles. The van der Waals surface area contributed by atoms with Crippen molar-refractivity contribution >= 4 is 23.3 Å². The Balaban J connectivity index is 4.52. The van der Waals surface area contributed by atoms with E-state index in [1.54, 1.807) is 0 Å². The SMILES string of the molecule is CC(C)N(CCC(=O)CCl)C(=O)C(F)(F)F. The van der Waals surface area contributed by atoms with Crippen molar-refractivity contribution in [2.45, 2.75) is 32.5 Å². The Bertz CT molecular complexity index is 266. The molecule has 0 aromatic rings. The van der Waals surface area contributed by atoms with Crippen molar-refractivity contribution in [1.82, 2.24) is 4.90 Å². The average molecular weight is 260 g/mol. The van der Waals surface area contributed by atoms with Crippen LogP contribution in [0.15, 0.2) is 0 Å². The Morgan fingerprint density at radius 2 is 1.81 bits per heavy atom. The third-order valence-electron chi connectivity index (χ3n) is 1.91. The molecular weight excluding hydrogens is 247 g/mol. The Kier molecular flexibility index (Phi) is 5.78. The normalized spacial score (nSPS) is 11.7. The van der Waals surface area contributed by atoms with Gasteiger partial charge in [-0.3, -0.25) is 9.59 Å². The van der Waals surface area contributed by atoms with Crippen molar-refractivity contribution in [3.8, 4) is 0 Å². The van der Waals surface area contributed by atoms with E-state index in [4.69, 9.17) is 11.6 Å². The van der Waals surface area contributed by atoms with Crippen LogP contribution in [0.5, 0.6) is 0 Å². The van der Waals surface area contributed by atoms with Crippen molar-refractivity contribution in [3.05, 3.63) is 0 Å². The molecule has 7 heteroatoms. The highest BCUT2D eigenvalue weighted by atomic mass is 35.5. The quantitative estimate of drug-likeness (QED) is 0.708. The van der Waals surface area contributed by atoms with Crippen LogP contribution in [0, 0.1) is 0 Å². The number of carbonyl (C=O) groups is 2. The molecule has 1 amide bonds. The third-order valence-corrected chi connectivity index (χ3v) is 2.21. The Hall–Kier alpha value is -0.780. The number of nitrogens with zero attached hydrogens (tertiary/aromatic N) is 1. The van der Waals surface area contributed by atoms with Crippen molar-refractivity contribution < 1.29 is 22.8 Å². The van der Waals surface area contributed by atoms with Crippen LogP contribution in [0.1, 0.15) is 20.3 Å². The summed E-state index contributed by atoms with van der Waals surface area (Å²) in [5.41, 5.74) is 0. The van der Waals surface area contributed by atoms with Crippen molar-refractivity contribution in [2.24, 2.45) is 0 Å². The van der Waals surface area contributed by atoms with E-state index in [0.717, 1.165) is 0 Å². The first-order chi connectivity index (χ1) is 7.20. The molecule has 0 aliphatic rings. The maximum atomic E-state index is 12.2. The minimum absolute atomic E-state index is 0.163. The number of hydrogen-bond donors (Lipinski definition) is 0. The highest BCUT2D eigenvalue weighted by molar-refractivity contribution is 6.27. The van der Waals surface area contributed by atoms with Crippen LogP contribution in [-0.2, 0) is 9.59 Å². The molecule has 16 heavy (non-hydrogen) atoms. The topological polar surface area (TPSA) is 37.4 Å². The van der Waals surface area contributed by atoms with Gasteiger partial charge in [-0.1, -0.05) is 0 Å². The summed E-state index contributed by atoms with van der Waals surface area (Å²) in [5, 5.41) is 0. The van der Waals surface area contributed by atoms with E-state index in [9.17, 15) is 22.8 Å². The number of alkyl halides is 4. The molecule has 94 valence electrons. The number of Topliss-reactive ketones (excluding diaryl/α,β-unsaturated/α-hetero) is 1. The molecule has 0 bridgehead atoms. The fourth-order valence-electron chi connectivity index (χ4n) is 1.07. The van der Waals surface area contributed by atoms with Crippen LogP contribution in [0.3, 0.4) is 0 Å². The zero-order chi connectivity index (χ0) is 12.9. The number of ketones is 1. The van der Waals surface area contributed by atoms with E-state index in [1.807, 2.05) is 0 Å². The number of amides is 1. The molecule has 0 spiro atoms. The molecule has 0 unspecified atom stereocenters. The van der Waals surface area contributed by atoms with E-state index in [0.29, 0.717) is 4.90 Å². The van der Waals surface area contributed by atoms with Crippen LogP contribution >= 0.6 is 11.6 Å². The minimum Gasteiger partial charge on any atom is -0.332 e. The molecule has 0 fully saturated rings. The molecular formula is C9H13ClF3NO2. The van der Waals surface area contributed by atoms with Gasteiger partial charge in [-0.15, -0.1) is 11.6 Å². The Labute approximate surface area is 96.5 Å². The summed E-state index contributed by atoms with van der Waals surface area (Å²) in [4.78, 5) is 22.4. The molecule has 3 nitrogen and oxygen atoms in total. The summed E-state index contributed by atoms with van der Waals surface area (Å²) >= 11 is 5.21. The van der Waals surface area contributed by atoms with Crippen LogP contribution in [0.25, 0.3) is 0 Å². The van der Waals surface area contributed by atoms with E-state index < -0.39 is 18.1 Å². The van der Waals surface area contributed by atoms with Crippen molar-refractivity contribution in [3.63, 3.8) is 0 Å². The van der Waals surface area contributed by atoms with E-state index >= 15 is 0 Å². The van der Waals surface area contributed by atoms with Gasteiger partial charge in [-0.2, -0.15) is 13.2 Å². The largest absolute Gasteiger partial charge is 0.471 e. The maximum Gasteiger partial charge on any atom is 0.471 e. The zero-order valence-corrected chi connectivity index (χ0v) is 9.73. The summed E-state index contributed by atoms with van der Waals surface area (Å²) in [6.07, 6.45) is -5.07. The van der Waals surface area contributed by atoms with Gasteiger partial charge in [-0.05, 0) is 13.8 Å². The fourth-order valence-corrected chi connectivity index (χ4v) is 1.20. The molecule has 0 rings (SSSR count). The second-order valence-electron chi connectivity index (χ2n) is 3.51. The lowest BCUT2D eigenvalue weighted by molar-refractivity contribution is -0.187. The highest BCUT2D eigenvalue weighted by Gasteiger charge is 2.43. The summed E-state index contributed by atoms with van der Waals surface area (Å²) < 4.78 is 36.5. The van der Waals surface area contributed by atoms with E-state index in [-0.39, 0.29) is 24.6 Å². The summed E-state index contributed by atoms with van der Waals surface area (Å²) in [6.45, 7) is 2.64. The first kappa shape index (κ1) is 15.2. The Morgan fingerprint density at radius 1 is 1.31 bits per heavy atom. The lowest BCUT2D eigenvalue weighted by Gasteiger charge is -2.27. The lowest BCUT2D eigenvalue weighted by atomic mass is 10.2. The van der Waals surface area contributed by atoms with Gasteiger partial charge in [-0.25, -0.2) is 0 Å². The van der Waals surface area contributed by atoms with E-state index in [2.05, 4.69) is 0 Å². The zero-order valence-electron chi connectivity index (χ0n) is 8.97. The van der Waals surface area contributed by atoms with Gasteiger partial charge in [0.25, 0.3) is 0 Å².